The minimum atomic E-state index is 0.172. The van der Waals surface area contributed by atoms with E-state index >= 15 is 0 Å². The second kappa shape index (κ2) is 3.89. The first-order valence-corrected chi connectivity index (χ1v) is 5.17. The normalized spacial score (nSPS) is 10.4. The van der Waals surface area contributed by atoms with Crippen LogP contribution in [0.1, 0.15) is 11.1 Å². The van der Waals surface area contributed by atoms with E-state index in [1.165, 1.54) is 5.56 Å². The Morgan fingerprint density at radius 1 is 0.875 bits per heavy atom. The molecule has 2 rings (SSSR count). The number of phenols is 2. The summed E-state index contributed by atoms with van der Waals surface area (Å²) in [6, 6.07) is 11.0. The molecule has 0 aliphatic heterocycles. The van der Waals surface area contributed by atoms with Crippen molar-refractivity contribution < 1.29 is 10.2 Å². The van der Waals surface area contributed by atoms with Crippen molar-refractivity contribution >= 4 is 0 Å². The van der Waals surface area contributed by atoms with E-state index in [9.17, 15) is 10.2 Å². The fraction of sp³-hybridized carbons (Fsp3) is 0.143. The van der Waals surface area contributed by atoms with E-state index in [-0.39, 0.29) is 11.5 Å². The maximum absolute atomic E-state index is 9.93. The van der Waals surface area contributed by atoms with Gasteiger partial charge in [0.1, 0.15) is 11.5 Å². The highest BCUT2D eigenvalue weighted by Crippen LogP contribution is 2.35. The largest absolute Gasteiger partial charge is 0.508 e. The molecule has 0 saturated heterocycles. The van der Waals surface area contributed by atoms with Crippen LogP contribution in [0.2, 0.25) is 0 Å². The third-order valence-corrected chi connectivity index (χ3v) is 2.65. The number of aromatic hydroxyl groups is 2. The molecule has 0 aliphatic rings. The van der Waals surface area contributed by atoms with Crippen molar-refractivity contribution in [3.63, 3.8) is 0 Å². The van der Waals surface area contributed by atoms with Crippen molar-refractivity contribution in [3.8, 4) is 22.6 Å². The van der Waals surface area contributed by atoms with Crippen LogP contribution in [-0.2, 0) is 0 Å². The molecule has 0 aliphatic carbocycles. The van der Waals surface area contributed by atoms with Gasteiger partial charge in [0, 0.05) is 5.56 Å². The molecule has 2 aromatic carbocycles. The van der Waals surface area contributed by atoms with Gasteiger partial charge in [0.05, 0.1) is 0 Å². The number of hydrogen-bond donors (Lipinski definition) is 2. The van der Waals surface area contributed by atoms with E-state index in [0.29, 0.717) is 11.1 Å². The zero-order valence-corrected chi connectivity index (χ0v) is 9.36. The van der Waals surface area contributed by atoms with Gasteiger partial charge < -0.3 is 10.2 Å². The Balaban J connectivity index is 2.59. The topological polar surface area (TPSA) is 40.5 Å². The maximum atomic E-state index is 9.93. The van der Waals surface area contributed by atoms with Gasteiger partial charge in [-0.15, -0.1) is 0 Å². The van der Waals surface area contributed by atoms with Crippen molar-refractivity contribution in [1.29, 1.82) is 0 Å². The van der Waals surface area contributed by atoms with Crippen LogP contribution in [0.15, 0.2) is 36.4 Å². The summed E-state index contributed by atoms with van der Waals surface area (Å²) >= 11 is 0. The SMILES string of the molecule is Cc1ccc(-c2cc(O)cc(C)c2O)cc1. The first-order valence-electron chi connectivity index (χ1n) is 5.17. The van der Waals surface area contributed by atoms with Gasteiger partial charge in [-0.1, -0.05) is 29.8 Å². The van der Waals surface area contributed by atoms with Gasteiger partial charge >= 0.3 is 0 Å². The van der Waals surface area contributed by atoms with E-state index in [0.717, 1.165) is 5.56 Å². The summed E-state index contributed by atoms with van der Waals surface area (Å²) in [6.45, 7) is 3.78. The molecule has 0 spiro atoms. The Labute approximate surface area is 94.8 Å². The predicted octanol–water partition coefficient (Wildman–Crippen LogP) is 3.38. The van der Waals surface area contributed by atoms with Crippen molar-refractivity contribution in [3.05, 3.63) is 47.5 Å². The standard InChI is InChI=1S/C14H14O2/c1-9-3-5-11(6-4-9)13-8-12(15)7-10(2)14(13)16/h3-8,15-16H,1-2H3. The highest BCUT2D eigenvalue weighted by atomic mass is 16.3. The van der Waals surface area contributed by atoms with Crippen LogP contribution in [0.5, 0.6) is 11.5 Å². The fourth-order valence-corrected chi connectivity index (χ4v) is 1.71. The highest BCUT2D eigenvalue weighted by molar-refractivity contribution is 5.73. The number of aryl methyl sites for hydroxylation is 2. The lowest BCUT2D eigenvalue weighted by atomic mass is 10.0. The maximum Gasteiger partial charge on any atom is 0.126 e. The molecule has 0 bridgehead atoms. The smallest absolute Gasteiger partial charge is 0.126 e. The molecule has 16 heavy (non-hydrogen) atoms. The van der Waals surface area contributed by atoms with Crippen LogP contribution in [0, 0.1) is 13.8 Å². The third kappa shape index (κ3) is 1.87. The van der Waals surface area contributed by atoms with Crippen LogP contribution in [0.4, 0.5) is 0 Å². The van der Waals surface area contributed by atoms with Crippen LogP contribution >= 0.6 is 0 Å². The van der Waals surface area contributed by atoms with E-state index in [2.05, 4.69) is 0 Å². The summed E-state index contributed by atoms with van der Waals surface area (Å²) < 4.78 is 0. The lowest BCUT2D eigenvalue weighted by Crippen LogP contribution is -1.83. The van der Waals surface area contributed by atoms with Gasteiger partial charge in [0.15, 0.2) is 0 Å². The molecule has 0 radical (unpaired) electrons. The summed E-state index contributed by atoms with van der Waals surface area (Å²) in [5.74, 6) is 0.396. The number of phenolic OH excluding ortho intramolecular Hbond substituents is 2. The van der Waals surface area contributed by atoms with E-state index in [4.69, 9.17) is 0 Å². The molecular formula is C14H14O2. The Hall–Kier alpha value is -1.96. The minimum absolute atomic E-state index is 0.172. The quantitative estimate of drug-likeness (QED) is 0.714. The number of hydrogen-bond acceptors (Lipinski definition) is 2. The molecule has 0 saturated carbocycles. The summed E-state index contributed by atoms with van der Waals surface area (Å²) in [6.07, 6.45) is 0. The van der Waals surface area contributed by atoms with Crippen molar-refractivity contribution in [2.24, 2.45) is 0 Å². The summed E-state index contributed by atoms with van der Waals surface area (Å²) in [4.78, 5) is 0. The second-order valence-electron chi connectivity index (χ2n) is 4.02. The fourth-order valence-electron chi connectivity index (χ4n) is 1.71. The second-order valence-corrected chi connectivity index (χ2v) is 4.02. The van der Waals surface area contributed by atoms with Gasteiger partial charge in [-0.25, -0.2) is 0 Å². The molecule has 2 nitrogen and oxygen atoms in total. The molecule has 82 valence electrons. The Morgan fingerprint density at radius 3 is 2.12 bits per heavy atom. The van der Waals surface area contributed by atoms with Gasteiger partial charge in [-0.2, -0.15) is 0 Å². The molecule has 0 unspecified atom stereocenters. The molecular weight excluding hydrogens is 200 g/mol. The highest BCUT2D eigenvalue weighted by Gasteiger charge is 2.08. The number of rotatable bonds is 1. The zero-order chi connectivity index (χ0) is 11.7. The Bertz CT molecular complexity index is 513. The van der Waals surface area contributed by atoms with Crippen molar-refractivity contribution in [2.75, 3.05) is 0 Å². The first kappa shape index (κ1) is 10.6. The molecule has 0 atom stereocenters. The van der Waals surface area contributed by atoms with Crippen LogP contribution in [0.3, 0.4) is 0 Å². The lowest BCUT2D eigenvalue weighted by molar-refractivity contribution is 0.458. The predicted molar refractivity (Wildman–Crippen MR) is 64.7 cm³/mol. The van der Waals surface area contributed by atoms with Gasteiger partial charge in [-0.3, -0.25) is 0 Å². The van der Waals surface area contributed by atoms with Crippen LogP contribution in [-0.4, -0.2) is 10.2 Å². The summed E-state index contributed by atoms with van der Waals surface area (Å²) in [5.41, 5.74) is 3.41. The molecule has 0 heterocycles. The molecule has 0 fully saturated rings. The zero-order valence-electron chi connectivity index (χ0n) is 9.36. The van der Waals surface area contributed by atoms with Gasteiger partial charge in [0.25, 0.3) is 0 Å². The van der Waals surface area contributed by atoms with Gasteiger partial charge in [-0.05, 0) is 37.1 Å². The lowest BCUT2D eigenvalue weighted by Gasteiger charge is -2.08. The average molecular weight is 214 g/mol. The van der Waals surface area contributed by atoms with E-state index < -0.39 is 0 Å². The first-order chi connectivity index (χ1) is 7.58. The monoisotopic (exact) mass is 214 g/mol. The van der Waals surface area contributed by atoms with Gasteiger partial charge in [0.2, 0.25) is 0 Å². The van der Waals surface area contributed by atoms with Crippen molar-refractivity contribution in [2.45, 2.75) is 13.8 Å². The van der Waals surface area contributed by atoms with Crippen LogP contribution < -0.4 is 0 Å². The van der Waals surface area contributed by atoms with Crippen molar-refractivity contribution in [1.82, 2.24) is 0 Å². The average Bonchev–Trinajstić information content (AvgIpc) is 2.25. The molecule has 2 heteroatoms. The van der Waals surface area contributed by atoms with E-state index in [1.807, 2.05) is 31.2 Å². The molecule has 2 aromatic rings. The molecule has 0 amide bonds. The third-order valence-electron chi connectivity index (χ3n) is 2.65. The van der Waals surface area contributed by atoms with E-state index in [1.54, 1.807) is 19.1 Å². The molecule has 0 aromatic heterocycles. The summed E-state index contributed by atoms with van der Waals surface area (Å²) in [5, 5.41) is 19.5. The Kier molecular flexibility index (Phi) is 2.57. The molecule has 2 N–H and O–H groups in total. The van der Waals surface area contributed by atoms with Crippen LogP contribution in [0.25, 0.3) is 11.1 Å². The Morgan fingerprint density at radius 2 is 1.50 bits per heavy atom. The number of benzene rings is 2. The minimum Gasteiger partial charge on any atom is -0.508 e. The summed E-state index contributed by atoms with van der Waals surface area (Å²) in [7, 11) is 0.